The molecule has 4 nitrogen and oxygen atoms in total. The predicted molar refractivity (Wildman–Crippen MR) is 72.0 cm³/mol. The monoisotopic (exact) mass is 250 g/mol. The number of benzene rings is 1. The molecule has 4 heteroatoms. The lowest BCUT2D eigenvalue weighted by atomic mass is 10.1. The molecule has 0 bridgehead atoms. The van der Waals surface area contributed by atoms with Crippen LogP contribution in [-0.2, 0) is 16.1 Å². The molecular formula is C14H22N2O2. The van der Waals surface area contributed by atoms with E-state index < -0.39 is 0 Å². The smallest absolute Gasteiger partial charge is 0.246 e. The summed E-state index contributed by atoms with van der Waals surface area (Å²) in [4.78, 5) is 11.6. The Balaban J connectivity index is 2.48. The van der Waals surface area contributed by atoms with Crippen LogP contribution >= 0.6 is 0 Å². The molecule has 18 heavy (non-hydrogen) atoms. The van der Waals surface area contributed by atoms with Crippen molar-refractivity contribution in [2.24, 2.45) is 5.73 Å². The number of rotatable bonds is 6. The van der Waals surface area contributed by atoms with Crippen LogP contribution in [0.25, 0.3) is 0 Å². The summed E-state index contributed by atoms with van der Waals surface area (Å²) in [5, 5.41) is 2.89. The molecule has 1 rings (SSSR count). The van der Waals surface area contributed by atoms with Crippen LogP contribution in [0, 0.1) is 0 Å². The van der Waals surface area contributed by atoms with Gasteiger partial charge in [0.15, 0.2) is 0 Å². The second kappa shape index (κ2) is 7.13. The number of ether oxygens (including phenoxy) is 1. The van der Waals surface area contributed by atoms with Crippen molar-refractivity contribution in [2.45, 2.75) is 39.5 Å². The van der Waals surface area contributed by atoms with E-state index in [1.54, 1.807) is 0 Å². The second-order valence-corrected chi connectivity index (χ2v) is 4.59. The summed E-state index contributed by atoms with van der Waals surface area (Å²) in [5.74, 6) is -0.0981. The molecule has 0 aliphatic heterocycles. The maximum absolute atomic E-state index is 11.6. The third kappa shape index (κ3) is 4.85. The maximum Gasteiger partial charge on any atom is 0.246 e. The van der Waals surface area contributed by atoms with Crippen molar-refractivity contribution in [1.29, 1.82) is 0 Å². The molecule has 1 aromatic carbocycles. The van der Waals surface area contributed by atoms with Crippen LogP contribution in [0.1, 0.15) is 37.9 Å². The van der Waals surface area contributed by atoms with Crippen LogP contribution in [0.3, 0.4) is 0 Å². The highest BCUT2D eigenvalue weighted by molar-refractivity contribution is 5.77. The highest BCUT2D eigenvalue weighted by Crippen LogP contribution is 2.13. The second-order valence-electron chi connectivity index (χ2n) is 4.59. The highest BCUT2D eigenvalue weighted by Gasteiger charge is 2.10. The zero-order valence-electron chi connectivity index (χ0n) is 11.3. The van der Waals surface area contributed by atoms with E-state index in [9.17, 15) is 4.79 Å². The van der Waals surface area contributed by atoms with Crippen LogP contribution in [0.15, 0.2) is 24.3 Å². The lowest BCUT2D eigenvalue weighted by Gasteiger charge is -2.15. The Kier molecular flexibility index (Phi) is 5.82. The van der Waals surface area contributed by atoms with Crippen molar-refractivity contribution in [2.75, 3.05) is 6.61 Å². The van der Waals surface area contributed by atoms with E-state index in [1.807, 2.05) is 45.0 Å². The first-order valence-corrected chi connectivity index (χ1v) is 6.22. The standard InChI is InChI=1S/C14H22N2O2/c1-10(2)18-9-14(17)16-11(3)13-6-4-12(8-15)5-7-13/h4-7,10-11H,8-9,15H2,1-3H3,(H,16,17). The summed E-state index contributed by atoms with van der Waals surface area (Å²) in [6.07, 6.45) is 0.0647. The van der Waals surface area contributed by atoms with Gasteiger partial charge in [-0.2, -0.15) is 0 Å². The first-order valence-electron chi connectivity index (χ1n) is 6.22. The fourth-order valence-electron chi connectivity index (χ4n) is 1.55. The Bertz CT molecular complexity index is 374. The minimum absolute atomic E-state index is 0.0277. The zero-order chi connectivity index (χ0) is 13.5. The van der Waals surface area contributed by atoms with E-state index in [0.29, 0.717) is 6.54 Å². The maximum atomic E-state index is 11.6. The lowest BCUT2D eigenvalue weighted by molar-refractivity contribution is -0.127. The summed E-state index contributed by atoms with van der Waals surface area (Å²) in [5.41, 5.74) is 7.68. The molecule has 0 saturated heterocycles. The van der Waals surface area contributed by atoms with Crippen molar-refractivity contribution < 1.29 is 9.53 Å². The van der Waals surface area contributed by atoms with Crippen molar-refractivity contribution in [3.05, 3.63) is 35.4 Å². The van der Waals surface area contributed by atoms with E-state index >= 15 is 0 Å². The van der Waals surface area contributed by atoms with Gasteiger partial charge in [-0.25, -0.2) is 0 Å². The number of carbonyl (C=O) groups is 1. The fraction of sp³-hybridized carbons (Fsp3) is 0.500. The van der Waals surface area contributed by atoms with Gasteiger partial charge in [0.25, 0.3) is 0 Å². The summed E-state index contributed by atoms with van der Waals surface area (Å²) in [6, 6.07) is 7.89. The Morgan fingerprint density at radius 3 is 2.39 bits per heavy atom. The third-order valence-corrected chi connectivity index (χ3v) is 2.64. The van der Waals surface area contributed by atoms with E-state index in [-0.39, 0.29) is 24.7 Å². The number of carbonyl (C=O) groups excluding carboxylic acids is 1. The summed E-state index contributed by atoms with van der Waals surface area (Å²) >= 11 is 0. The van der Waals surface area contributed by atoms with Gasteiger partial charge in [0.1, 0.15) is 6.61 Å². The van der Waals surface area contributed by atoms with Crippen molar-refractivity contribution >= 4 is 5.91 Å². The molecule has 0 aliphatic carbocycles. The van der Waals surface area contributed by atoms with Gasteiger partial charge in [0.2, 0.25) is 5.91 Å². The molecule has 0 fully saturated rings. The Labute approximate surface area is 109 Å². The number of nitrogens with one attached hydrogen (secondary N) is 1. The SMILES string of the molecule is CC(C)OCC(=O)NC(C)c1ccc(CN)cc1. The molecule has 1 atom stereocenters. The van der Waals surface area contributed by atoms with E-state index in [1.165, 1.54) is 0 Å². The van der Waals surface area contributed by atoms with E-state index in [2.05, 4.69) is 5.32 Å². The normalized spacial score (nSPS) is 12.5. The Hall–Kier alpha value is -1.39. The van der Waals surface area contributed by atoms with Gasteiger partial charge in [0, 0.05) is 6.54 Å². The van der Waals surface area contributed by atoms with Gasteiger partial charge in [0.05, 0.1) is 12.1 Å². The van der Waals surface area contributed by atoms with Crippen molar-refractivity contribution in [1.82, 2.24) is 5.32 Å². The Morgan fingerprint density at radius 1 is 1.28 bits per heavy atom. The largest absolute Gasteiger partial charge is 0.369 e. The van der Waals surface area contributed by atoms with Crippen LogP contribution in [-0.4, -0.2) is 18.6 Å². The van der Waals surface area contributed by atoms with E-state index in [0.717, 1.165) is 11.1 Å². The van der Waals surface area contributed by atoms with Crippen molar-refractivity contribution in [3.63, 3.8) is 0 Å². The minimum atomic E-state index is -0.0981. The summed E-state index contributed by atoms with van der Waals surface area (Å²) in [6.45, 7) is 6.39. The molecule has 0 heterocycles. The predicted octanol–water partition coefficient (Wildman–Crippen LogP) is 1.75. The molecule has 1 aromatic rings. The third-order valence-electron chi connectivity index (χ3n) is 2.64. The lowest BCUT2D eigenvalue weighted by Crippen LogP contribution is -2.31. The molecule has 0 spiro atoms. The molecule has 0 saturated carbocycles. The zero-order valence-corrected chi connectivity index (χ0v) is 11.3. The fourth-order valence-corrected chi connectivity index (χ4v) is 1.55. The topological polar surface area (TPSA) is 64.3 Å². The van der Waals surface area contributed by atoms with Gasteiger partial charge >= 0.3 is 0 Å². The first kappa shape index (κ1) is 14.7. The number of nitrogens with two attached hydrogens (primary N) is 1. The van der Waals surface area contributed by atoms with Crippen LogP contribution in [0.4, 0.5) is 0 Å². The van der Waals surface area contributed by atoms with Crippen LogP contribution in [0.5, 0.6) is 0 Å². The molecule has 0 aromatic heterocycles. The number of hydrogen-bond acceptors (Lipinski definition) is 3. The molecule has 100 valence electrons. The molecule has 1 amide bonds. The average Bonchev–Trinajstić information content (AvgIpc) is 2.36. The first-order chi connectivity index (χ1) is 8.52. The molecule has 3 N–H and O–H groups in total. The van der Waals surface area contributed by atoms with Crippen molar-refractivity contribution in [3.8, 4) is 0 Å². The highest BCUT2D eigenvalue weighted by atomic mass is 16.5. The number of hydrogen-bond donors (Lipinski definition) is 2. The molecule has 0 radical (unpaired) electrons. The quantitative estimate of drug-likeness (QED) is 0.808. The summed E-state index contributed by atoms with van der Waals surface area (Å²) < 4.78 is 5.25. The number of amides is 1. The molecular weight excluding hydrogens is 228 g/mol. The van der Waals surface area contributed by atoms with Gasteiger partial charge in [-0.1, -0.05) is 24.3 Å². The van der Waals surface area contributed by atoms with Gasteiger partial charge in [-0.3, -0.25) is 4.79 Å². The van der Waals surface area contributed by atoms with Crippen LogP contribution < -0.4 is 11.1 Å². The van der Waals surface area contributed by atoms with Gasteiger partial charge in [-0.05, 0) is 31.9 Å². The van der Waals surface area contributed by atoms with E-state index in [4.69, 9.17) is 10.5 Å². The minimum Gasteiger partial charge on any atom is -0.369 e. The van der Waals surface area contributed by atoms with Gasteiger partial charge < -0.3 is 15.8 Å². The molecule has 1 unspecified atom stereocenters. The average molecular weight is 250 g/mol. The van der Waals surface area contributed by atoms with Gasteiger partial charge in [-0.15, -0.1) is 0 Å². The Morgan fingerprint density at radius 2 is 1.89 bits per heavy atom. The van der Waals surface area contributed by atoms with Crippen LogP contribution in [0.2, 0.25) is 0 Å². The molecule has 0 aliphatic rings. The summed E-state index contributed by atoms with van der Waals surface area (Å²) in [7, 11) is 0.